The molecule has 0 radical (unpaired) electrons. The summed E-state index contributed by atoms with van der Waals surface area (Å²) in [5, 5.41) is 7.98. The number of carbonyl (C=O) groups excluding carboxylic acids is 1. The van der Waals surface area contributed by atoms with Gasteiger partial charge in [0.1, 0.15) is 11.2 Å². The molecular formula is C16H19N5O3S. The van der Waals surface area contributed by atoms with Crippen LogP contribution < -0.4 is 5.32 Å². The van der Waals surface area contributed by atoms with Crippen molar-refractivity contribution in [2.24, 2.45) is 0 Å². The molecule has 0 aromatic carbocycles. The molecule has 0 aliphatic carbocycles. The number of thiophene rings is 1. The number of fused-ring (bicyclic) bond motifs is 5. The van der Waals surface area contributed by atoms with E-state index in [2.05, 4.69) is 34.2 Å². The van der Waals surface area contributed by atoms with Crippen LogP contribution >= 0.6 is 11.3 Å². The summed E-state index contributed by atoms with van der Waals surface area (Å²) < 4.78 is 12.4. The van der Waals surface area contributed by atoms with Crippen LogP contribution in [0.15, 0.2) is 6.33 Å². The van der Waals surface area contributed by atoms with Gasteiger partial charge < -0.3 is 14.8 Å². The first-order chi connectivity index (χ1) is 12.0. The lowest BCUT2D eigenvalue weighted by molar-refractivity contribution is -0.0379. The maximum atomic E-state index is 12.2. The van der Waals surface area contributed by atoms with Crippen LogP contribution in [0.4, 0.5) is 0 Å². The molecule has 132 valence electrons. The highest BCUT2D eigenvalue weighted by Crippen LogP contribution is 2.39. The Balaban J connectivity index is 1.78. The predicted octanol–water partition coefficient (Wildman–Crippen LogP) is 1.57. The van der Waals surface area contributed by atoms with Crippen LogP contribution in [0.25, 0.3) is 15.9 Å². The predicted molar refractivity (Wildman–Crippen MR) is 92.9 cm³/mol. The maximum absolute atomic E-state index is 12.2. The highest BCUT2D eigenvalue weighted by Gasteiger charge is 2.31. The van der Waals surface area contributed by atoms with E-state index in [1.165, 1.54) is 10.4 Å². The Hall–Kier alpha value is -2.10. The molecule has 0 atom stereocenters. The van der Waals surface area contributed by atoms with Crippen molar-refractivity contribution in [1.29, 1.82) is 0 Å². The molecule has 0 spiro atoms. The smallest absolute Gasteiger partial charge is 0.291 e. The Morgan fingerprint density at radius 1 is 1.52 bits per heavy atom. The molecule has 0 unspecified atom stereocenters. The molecule has 1 amide bonds. The first-order valence-corrected chi connectivity index (χ1v) is 8.87. The fourth-order valence-electron chi connectivity index (χ4n) is 2.98. The van der Waals surface area contributed by atoms with Gasteiger partial charge in [-0.05, 0) is 19.4 Å². The molecule has 1 aliphatic heterocycles. The van der Waals surface area contributed by atoms with Gasteiger partial charge in [-0.25, -0.2) is 14.5 Å². The molecule has 0 fully saturated rings. The first-order valence-electron chi connectivity index (χ1n) is 8.05. The number of hydrogen-bond acceptors (Lipinski definition) is 7. The lowest BCUT2D eigenvalue weighted by Crippen LogP contribution is -2.31. The maximum Gasteiger partial charge on any atom is 0.291 e. The third-order valence-electron chi connectivity index (χ3n) is 4.20. The fraction of sp³-hybridized carbons (Fsp3) is 0.500. The van der Waals surface area contributed by atoms with E-state index >= 15 is 0 Å². The van der Waals surface area contributed by atoms with Gasteiger partial charge in [0, 0.05) is 25.0 Å². The van der Waals surface area contributed by atoms with Crippen molar-refractivity contribution in [2.75, 3.05) is 20.3 Å². The lowest BCUT2D eigenvalue weighted by Gasteiger charge is -2.30. The van der Waals surface area contributed by atoms with Gasteiger partial charge in [-0.15, -0.1) is 16.4 Å². The van der Waals surface area contributed by atoms with Crippen molar-refractivity contribution in [3.8, 4) is 0 Å². The molecule has 3 aromatic heterocycles. The highest BCUT2D eigenvalue weighted by atomic mass is 32.1. The van der Waals surface area contributed by atoms with Crippen molar-refractivity contribution in [3.63, 3.8) is 0 Å². The van der Waals surface area contributed by atoms with Crippen LogP contribution in [-0.4, -0.2) is 51.4 Å². The fourth-order valence-corrected chi connectivity index (χ4v) is 4.05. The molecule has 1 aliphatic rings. The minimum Gasteiger partial charge on any atom is -0.383 e. The average Bonchev–Trinajstić information content (AvgIpc) is 3.14. The van der Waals surface area contributed by atoms with Crippen LogP contribution in [0.2, 0.25) is 0 Å². The summed E-state index contributed by atoms with van der Waals surface area (Å²) in [7, 11) is 1.59. The van der Waals surface area contributed by atoms with E-state index in [1.807, 2.05) is 0 Å². The number of ether oxygens (including phenoxy) is 2. The molecule has 0 saturated carbocycles. The van der Waals surface area contributed by atoms with Gasteiger partial charge in [0.15, 0.2) is 5.65 Å². The molecule has 0 saturated heterocycles. The lowest BCUT2D eigenvalue weighted by atomic mass is 9.94. The number of amides is 1. The molecular weight excluding hydrogens is 342 g/mol. The van der Waals surface area contributed by atoms with Gasteiger partial charge in [0.05, 0.1) is 24.2 Å². The molecule has 25 heavy (non-hydrogen) atoms. The Morgan fingerprint density at radius 3 is 3.16 bits per heavy atom. The number of hydrogen-bond donors (Lipinski definition) is 1. The number of rotatable bonds is 4. The molecule has 4 heterocycles. The SMILES string of the molecule is COCCNC(=O)c1nc2c3c4c(sc3ncn2n1)COC(C)(C)C4. The third-order valence-corrected chi connectivity index (χ3v) is 5.32. The van der Waals surface area contributed by atoms with E-state index in [4.69, 9.17) is 9.47 Å². The highest BCUT2D eigenvalue weighted by molar-refractivity contribution is 7.19. The summed E-state index contributed by atoms with van der Waals surface area (Å²) in [4.78, 5) is 23.2. The summed E-state index contributed by atoms with van der Waals surface area (Å²) >= 11 is 1.62. The zero-order valence-corrected chi connectivity index (χ0v) is 15.1. The van der Waals surface area contributed by atoms with E-state index in [0.29, 0.717) is 25.4 Å². The minimum atomic E-state index is -0.318. The Kier molecular flexibility index (Phi) is 3.94. The molecule has 9 heteroatoms. The van der Waals surface area contributed by atoms with Gasteiger partial charge in [0.2, 0.25) is 5.82 Å². The molecule has 1 N–H and O–H groups in total. The second-order valence-corrected chi connectivity index (χ2v) is 7.69. The quantitative estimate of drug-likeness (QED) is 0.710. The van der Waals surface area contributed by atoms with Crippen molar-refractivity contribution in [2.45, 2.75) is 32.5 Å². The summed E-state index contributed by atoms with van der Waals surface area (Å²) in [5.74, 6) is -0.182. The second-order valence-electron chi connectivity index (χ2n) is 6.61. The first kappa shape index (κ1) is 16.4. The van der Waals surface area contributed by atoms with Crippen molar-refractivity contribution in [1.82, 2.24) is 24.9 Å². The normalized spacial score (nSPS) is 16.3. The van der Waals surface area contributed by atoms with Crippen molar-refractivity contribution < 1.29 is 14.3 Å². The number of nitrogens with one attached hydrogen (secondary N) is 1. The van der Waals surface area contributed by atoms with Crippen molar-refractivity contribution in [3.05, 3.63) is 22.6 Å². The van der Waals surface area contributed by atoms with Gasteiger partial charge >= 0.3 is 0 Å². The van der Waals surface area contributed by atoms with E-state index in [9.17, 15) is 4.79 Å². The summed E-state index contributed by atoms with van der Waals surface area (Å²) in [6.07, 6.45) is 2.39. The number of carbonyl (C=O) groups is 1. The van der Waals surface area contributed by atoms with Crippen molar-refractivity contribution >= 4 is 33.1 Å². The zero-order chi connectivity index (χ0) is 17.6. The largest absolute Gasteiger partial charge is 0.383 e. The number of aromatic nitrogens is 4. The third kappa shape index (κ3) is 2.88. The van der Waals surface area contributed by atoms with Crippen LogP contribution in [0, 0.1) is 0 Å². The molecule has 8 nitrogen and oxygen atoms in total. The molecule has 4 rings (SSSR count). The van der Waals surface area contributed by atoms with E-state index < -0.39 is 0 Å². The van der Waals surface area contributed by atoms with Gasteiger partial charge in [-0.3, -0.25) is 4.79 Å². The molecule has 0 bridgehead atoms. The van der Waals surface area contributed by atoms with E-state index in [0.717, 1.165) is 16.6 Å². The monoisotopic (exact) mass is 361 g/mol. The van der Waals surface area contributed by atoms with Gasteiger partial charge in [-0.2, -0.15) is 0 Å². The summed E-state index contributed by atoms with van der Waals surface area (Å²) in [6, 6.07) is 0. The average molecular weight is 361 g/mol. The van der Waals surface area contributed by atoms with Crippen LogP contribution in [-0.2, 0) is 22.5 Å². The number of methoxy groups -OCH3 is 1. The van der Waals surface area contributed by atoms with Gasteiger partial charge in [-0.1, -0.05) is 0 Å². The van der Waals surface area contributed by atoms with Gasteiger partial charge in [0.25, 0.3) is 5.91 Å². The Morgan fingerprint density at radius 2 is 2.36 bits per heavy atom. The van der Waals surface area contributed by atoms with Crippen LogP contribution in [0.1, 0.15) is 34.9 Å². The number of nitrogens with zero attached hydrogens (tertiary/aromatic N) is 4. The summed E-state index contributed by atoms with van der Waals surface area (Å²) in [5.41, 5.74) is 1.64. The minimum absolute atomic E-state index is 0.136. The van der Waals surface area contributed by atoms with E-state index in [1.54, 1.807) is 29.3 Å². The Labute approximate surface area is 148 Å². The summed E-state index contributed by atoms with van der Waals surface area (Å²) in [6.45, 7) is 5.58. The van der Waals surface area contributed by atoms with Crippen LogP contribution in [0.3, 0.4) is 0 Å². The zero-order valence-electron chi connectivity index (χ0n) is 14.3. The van der Waals surface area contributed by atoms with E-state index in [-0.39, 0.29) is 17.3 Å². The van der Waals surface area contributed by atoms with Crippen LogP contribution in [0.5, 0.6) is 0 Å². The molecule has 3 aromatic rings. The second kappa shape index (κ2) is 6.01. The standard InChI is InChI=1S/C16H19N5O3S/c1-16(2)6-9-10(7-24-16)25-15-11(9)13-19-12(20-21(13)8-18-15)14(22)17-4-5-23-3/h8H,4-7H2,1-3H3,(H,17,22). The topological polar surface area (TPSA) is 90.6 Å². The Bertz CT molecular complexity index is 962.